The van der Waals surface area contributed by atoms with E-state index in [0.29, 0.717) is 23.7 Å². The number of anilines is 2. The summed E-state index contributed by atoms with van der Waals surface area (Å²) < 4.78 is 19.0. The van der Waals surface area contributed by atoms with E-state index in [1.807, 2.05) is 60.3 Å². The number of aromatic hydroxyl groups is 1. The van der Waals surface area contributed by atoms with Crippen LogP contribution < -0.4 is 10.1 Å². The van der Waals surface area contributed by atoms with E-state index in [-0.39, 0.29) is 29.6 Å². The number of carbonyl (C=O) groups excluding carboxylic acids is 1. The minimum atomic E-state index is -0.694. The first-order chi connectivity index (χ1) is 18.0. The van der Waals surface area contributed by atoms with Crippen LogP contribution in [0.1, 0.15) is 34.2 Å². The van der Waals surface area contributed by atoms with Gasteiger partial charge in [0.05, 0.1) is 13.2 Å². The molecule has 188 valence electrons. The van der Waals surface area contributed by atoms with Crippen molar-refractivity contribution < 1.29 is 23.8 Å². The van der Waals surface area contributed by atoms with Crippen molar-refractivity contribution in [3.63, 3.8) is 0 Å². The molecule has 0 bridgehead atoms. The van der Waals surface area contributed by atoms with Crippen LogP contribution in [0.4, 0.5) is 17.4 Å². The zero-order chi connectivity index (χ0) is 25.8. The molecular formula is C28H26N4O5. The van der Waals surface area contributed by atoms with Crippen LogP contribution in [0.5, 0.6) is 11.5 Å². The van der Waals surface area contributed by atoms with E-state index < -0.39 is 5.97 Å². The fourth-order valence-corrected chi connectivity index (χ4v) is 3.98. The monoisotopic (exact) mass is 498 g/mol. The molecule has 4 aromatic rings. The molecule has 0 aliphatic carbocycles. The highest BCUT2D eigenvalue weighted by Gasteiger charge is 2.27. The number of fused-ring (bicyclic) bond motifs is 1. The minimum Gasteiger partial charge on any atom is -0.504 e. The molecule has 0 saturated carbocycles. The van der Waals surface area contributed by atoms with Crippen molar-refractivity contribution in [2.75, 3.05) is 18.5 Å². The van der Waals surface area contributed by atoms with Gasteiger partial charge in [0.15, 0.2) is 22.9 Å². The Bertz CT molecular complexity index is 1480. The van der Waals surface area contributed by atoms with Crippen molar-refractivity contribution in [1.29, 1.82) is 0 Å². The zero-order valence-electron chi connectivity index (χ0n) is 20.5. The van der Waals surface area contributed by atoms with Gasteiger partial charge in [0.2, 0.25) is 5.88 Å². The van der Waals surface area contributed by atoms with Gasteiger partial charge in [-0.05, 0) is 68.0 Å². The largest absolute Gasteiger partial charge is 0.504 e. The van der Waals surface area contributed by atoms with Crippen molar-refractivity contribution >= 4 is 41.2 Å². The molecule has 0 amide bonds. The first-order valence-corrected chi connectivity index (χ1v) is 11.9. The third-order valence-electron chi connectivity index (χ3n) is 5.83. The lowest BCUT2D eigenvalue weighted by molar-refractivity contribution is 0.0524. The number of pyridine rings is 1. The third kappa shape index (κ3) is 5.11. The Morgan fingerprint density at radius 3 is 2.84 bits per heavy atom. The molecule has 9 heteroatoms. The van der Waals surface area contributed by atoms with Crippen molar-refractivity contribution in [1.82, 2.24) is 9.55 Å². The number of benzene rings is 1. The summed E-state index contributed by atoms with van der Waals surface area (Å²) in [4.78, 5) is 21.2. The fourth-order valence-electron chi connectivity index (χ4n) is 3.98. The van der Waals surface area contributed by atoms with Gasteiger partial charge in [-0.25, -0.2) is 14.8 Å². The van der Waals surface area contributed by atoms with E-state index in [1.54, 1.807) is 31.5 Å². The lowest BCUT2D eigenvalue weighted by Crippen LogP contribution is -2.07. The van der Waals surface area contributed by atoms with Crippen LogP contribution in [0.3, 0.4) is 0 Å². The number of allylic oxidation sites excluding steroid dienone is 1. The average Bonchev–Trinajstić information content (AvgIpc) is 3.62. The number of hydrogen-bond acceptors (Lipinski definition) is 8. The number of furan rings is 1. The van der Waals surface area contributed by atoms with Crippen LogP contribution in [0.2, 0.25) is 0 Å². The highest BCUT2D eigenvalue weighted by Crippen LogP contribution is 2.40. The van der Waals surface area contributed by atoms with Crippen LogP contribution >= 0.6 is 0 Å². The molecular weight excluding hydrogens is 472 g/mol. The Hall–Kier alpha value is -4.79. The summed E-state index contributed by atoms with van der Waals surface area (Å²) in [5.74, 6) is 0.471. The Labute approximate surface area is 213 Å². The molecule has 1 aromatic carbocycles. The fraction of sp³-hybridized carbons (Fsp3) is 0.179. The summed E-state index contributed by atoms with van der Waals surface area (Å²) in [6, 6.07) is 13.2. The van der Waals surface area contributed by atoms with Gasteiger partial charge in [-0.15, -0.1) is 0 Å². The number of esters is 1. The van der Waals surface area contributed by atoms with Crippen LogP contribution in [0, 0.1) is 6.92 Å². The standard InChI is InChI=1S/C28H26N4O5/c1-3-35-28(34)24-25(33)23(16-19-17-30-26-21(19)7-6-10-29-26)37-27(24)31-22-9-8-20(15-18(22)2)36-14-13-32-11-4-5-12-32/h4-12,15-17,31,33H,3,13-14H2,1-2H3. The molecule has 0 fully saturated rings. The van der Waals surface area contributed by atoms with Gasteiger partial charge < -0.3 is 28.9 Å². The second-order valence-electron chi connectivity index (χ2n) is 8.34. The van der Waals surface area contributed by atoms with Crippen molar-refractivity contribution in [3.8, 4) is 11.5 Å². The van der Waals surface area contributed by atoms with Crippen LogP contribution in [0.15, 0.2) is 70.5 Å². The topological polar surface area (TPSA) is 111 Å². The summed E-state index contributed by atoms with van der Waals surface area (Å²) in [7, 11) is 0. The number of nitrogens with one attached hydrogen (secondary N) is 1. The first-order valence-electron chi connectivity index (χ1n) is 11.9. The summed E-state index contributed by atoms with van der Waals surface area (Å²) in [5.41, 5.74) is 2.97. The molecule has 4 heterocycles. The number of nitrogens with zero attached hydrogens (tertiary/aromatic N) is 3. The highest BCUT2D eigenvalue weighted by atomic mass is 16.5. The second kappa shape index (κ2) is 10.4. The Balaban J connectivity index is 1.40. The van der Waals surface area contributed by atoms with Crippen LogP contribution in [0.25, 0.3) is 11.6 Å². The molecule has 0 radical (unpaired) electrons. The SMILES string of the molecule is CCOC(=O)c1c(Nc2ccc(OCCn3cccc3)cc2C)oc(C=C2C=Nc3ncccc32)c1O. The van der Waals surface area contributed by atoms with E-state index >= 15 is 0 Å². The summed E-state index contributed by atoms with van der Waals surface area (Å²) in [5, 5.41) is 14.0. The Morgan fingerprint density at radius 2 is 2.05 bits per heavy atom. The van der Waals surface area contributed by atoms with Crippen molar-refractivity contribution in [3.05, 3.63) is 83.5 Å². The lowest BCUT2D eigenvalue weighted by Gasteiger charge is -2.12. The number of ether oxygens (including phenoxy) is 2. The quantitative estimate of drug-likeness (QED) is 0.283. The van der Waals surface area contributed by atoms with Gasteiger partial charge in [-0.2, -0.15) is 0 Å². The molecule has 0 saturated heterocycles. The van der Waals surface area contributed by atoms with E-state index in [4.69, 9.17) is 13.9 Å². The Morgan fingerprint density at radius 1 is 1.22 bits per heavy atom. The van der Waals surface area contributed by atoms with E-state index in [2.05, 4.69) is 15.3 Å². The molecule has 37 heavy (non-hydrogen) atoms. The molecule has 0 unspecified atom stereocenters. The van der Waals surface area contributed by atoms with Gasteiger partial charge in [0, 0.05) is 41.6 Å². The predicted molar refractivity (Wildman–Crippen MR) is 141 cm³/mol. The molecule has 9 nitrogen and oxygen atoms in total. The second-order valence-corrected chi connectivity index (χ2v) is 8.34. The van der Waals surface area contributed by atoms with Gasteiger partial charge >= 0.3 is 5.97 Å². The molecule has 5 rings (SSSR count). The minimum absolute atomic E-state index is 0.0773. The highest BCUT2D eigenvalue weighted by molar-refractivity contribution is 6.21. The molecule has 0 atom stereocenters. The number of aliphatic imine (C=N–C) groups is 1. The molecule has 3 aromatic heterocycles. The number of carbonyl (C=O) groups is 1. The number of rotatable bonds is 9. The first kappa shape index (κ1) is 23.9. The maximum absolute atomic E-state index is 12.7. The number of aryl methyl sites for hydroxylation is 1. The summed E-state index contributed by atoms with van der Waals surface area (Å²) in [6.45, 7) is 5.03. The molecule has 0 spiro atoms. The van der Waals surface area contributed by atoms with Gasteiger partial charge in [0.1, 0.15) is 12.4 Å². The Kier molecular flexibility index (Phi) is 6.76. The van der Waals surface area contributed by atoms with E-state index in [9.17, 15) is 9.90 Å². The predicted octanol–water partition coefficient (Wildman–Crippen LogP) is 5.75. The van der Waals surface area contributed by atoms with Crippen LogP contribution in [-0.2, 0) is 11.3 Å². The number of hydrogen-bond donors (Lipinski definition) is 2. The van der Waals surface area contributed by atoms with Crippen molar-refractivity contribution in [2.24, 2.45) is 4.99 Å². The molecule has 1 aliphatic rings. The van der Waals surface area contributed by atoms with Crippen molar-refractivity contribution in [2.45, 2.75) is 20.4 Å². The van der Waals surface area contributed by atoms with Gasteiger partial charge in [-0.3, -0.25) is 0 Å². The molecule has 1 aliphatic heterocycles. The third-order valence-corrected chi connectivity index (χ3v) is 5.83. The normalized spacial score (nSPS) is 13.1. The zero-order valence-corrected chi connectivity index (χ0v) is 20.5. The smallest absolute Gasteiger partial charge is 0.347 e. The average molecular weight is 499 g/mol. The summed E-state index contributed by atoms with van der Waals surface area (Å²) >= 11 is 0. The van der Waals surface area contributed by atoms with E-state index in [1.165, 1.54) is 0 Å². The lowest BCUT2D eigenvalue weighted by atomic mass is 10.1. The maximum Gasteiger partial charge on any atom is 0.347 e. The number of aromatic nitrogens is 2. The molecule has 2 N–H and O–H groups in total. The summed E-state index contributed by atoms with van der Waals surface area (Å²) in [6.07, 6.45) is 8.89. The maximum atomic E-state index is 12.7. The van der Waals surface area contributed by atoms with Gasteiger partial charge in [-0.1, -0.05) is 0 Å². The van der Waals surface area contributed by atoms with Gasteiger partial charge in [0.25, 0.3) is 0 Å². The van der Waals surface area contributed by atoms with Crippen LogP contribution in [-0.4, -0.2) is 40.1 Å². The van der Waals surface area contributed by atoms with E-state index in [0.717, 1.165) is 23.4 Å².